The Morgan fingerprint density at radius 1 is 1.29 bits per heavy atom. The van der Waals surface area contributed by atoms with Crippen molar-refractivity contribution in [1.29, 1.82) is 0 Å². The average Bonchev–Trinajstić information content (AvgIpc) is 2.35. The summed E-state index contributed by atoms with van der Waals surface area (Å²) < 4.78 is 16.2. The Kier molecular flexibility index (Phi) is 5.45. The van der Waals surface area contributed by atoms with Gasteiger partial charge in [0.15, 0.2) is 6.61 Å². The van der Waals surface area contributed by atoms with Gasteiger partial charge >= 0.3 is 19.5 Å². The van der Waals surface area contributed by atoms with Crippen LogP contribution in [0.5, 0.6) is 5.75 Å². The van der Waals surface area contributed by atoms with Gasteiger partial charge in [0.1, 0.15) is 17.1 Å². The maximum absolute atomic E-state index is 11.4. The topological polar surface area (TPSA) is 167 Å². The molecule has 6 N–H and O–H groups in total. The molecule has 0 fully saturated rings. The molecular weight excluding hydrogens is 305 g/mol. The SMILES string of the molecule is N[C@@H](Cc1ccc(OCC(=O)O)c(P(=O)(O)O)c1)C(=O)O. The summed E-state index contributed by atoms with van der Waals surface area (Å²) in [5.41, 5.74) is 5.62. The van der Waals surface area contributed by atoms with Gasteiger partial charge in [0.2, 0.25) is 0 Å². The molecule has 1 atom stereocenters. The molecule has 1 rings (SSSR count). The van der Waals surface area contributed by atoms with Gasteiger partial charge in [-0.15, -0.1) is 0 Å². The van der Waals surface area contributed by atoms with E-state index in [1.807, 2.05) is 0 Å². The summed E-state index contributed by atoms with van der Waals surface area (Å²) in [5.74, 6) is -2.83. The highest BCUT2D eigenvalue weighted by atomic mass is 31.2. The zero-order chi connectivity index (χ0) is 16.2. The lowest BCUT2D eigenvalue weighted by Gasteiger charge is -2.14. The number of carboxylic acid groups (broad SMARTS) is 2. The van der Waals surface area contributed by atoms with E-state index in [0.29, 0.717) is 0 Å². The van der Waals surface area contributed by atoms with Crippen LogP contribution in [0.25, 0.3) is 0 Å². The number of benzene rings is 1. The highest BCUT2D eigenvalue weighted by Crippen LogP contribution is 2.37. The van der Waals surface area contributed by atoms with Crippen molar-refractivity contribution in [2.24, 2.45) is 5.73 Å². The summed E-state index contributed by atoms with van der Waals surface area (Å²) in [4.78, 5) is 39.6. The predicted molar refractivity (Wildman–Crippen MR) is 70.6 cm³/mol. The molecule has 1 aromatic rings. The first-order valence-corrected chi connectivity index (χ1v) is 7.24. The Hall–Kier alpha value is -1.93. The second-order valence-corrected chi connectivity index (χ2v) is 5.75. The highest BCUT2D eigenvalue weighted by molar-refractivity contribution is 7.60. The summed E-state index contributed by atoms with van der Waals surface area (Å²) in [5, 5.41) is 16.7. The van der Waals surface area contributed by atoms with E-state index in [9.17, 15) is 23.9 Å². The van der Waals surface area contributed by atoms with Gasteiger partial charge in [-0.2, -0.15) is 0 Å². The minimum absolute atomic E-state index is 0.137. The summed E-state index contributed by atoms with van der Waals surface area (Å²) in [7, 11) is -4.72. The minimum atomic E-state index is -4.72. The molecular formula is C11H14NO8P. The van der Waals surface area contributed by atoms with Gasteiger partial charge in [-0.1, -0.05) is 6.07 Å². The van der Waals surface area contributed by atoms with E-state index in [0.717, 1.165) is 6.07 Å². The molecule has 0 unspecified atom stereocenters. The van der Waals surface area contributed by atoms with Crippen LogP contribution >= 0.6 is 7.60 Å². The van der Waals surface area contributed by atoms with Crippen molar-refractivity contribution in [2.75, 3.05) is 6.61 Å². The first kappa shape index (κ1) is 17.1. The van der Waals surface area contributed by atoms with Gasteiger partial charge in [-0.3, -0.25) is 9.36 Å². The standard InChI is InChI=1S/C11H14NO8P/c12-7(11(15)16)3-6-1-2-8(20-5-10(13)14)9(4-6)21(17,18)19/h1-2,4,7H,3,5,12H2,(H,13,14)(H,15,16)(H2,17,18,19)/t7-/m0/s1. The normalized spacial score (nSPS) is 12.7. The van der Waals surface area contributed by atoms with Crippen LogP contribution in [-0.2, 0) is 20.6 Å². The fourth-order valence-corrected chi connectivity index (χ4v) is 2.28. The largest absolute Gasteiger partial charge is 0.481 e. The fourth-order valence-electron chi connectivity index (χ4n) is 1.52. The first-order chi connectivity index (χ1) is 9.61. The molecule has 21 heavy (non-hydrogen) atoms. The smallest absolute Gasteiger partial charge is 0.359 e. The fraction of sp³-hybridized carbons (Fsp3) is 0.273. The molecule has 9 nitrogen and oxygen atoms in total. The quantitative estimate of drug-likeness (QED) is 0.392. The van der Waals surface area contributed by atoms with Gasteiger partial charge in [0, 0.05) is 0 Å². The molecule has 10 heteroatoms. The zero-order valence-corrected chi connectivity index (χ0v) is 11.6. The predicted octanol–water partition coefficient (Wildman–Crippen LogP) is -1.09. The molecule has 0 aliphatic rings. The van der Waals surface area contributed by atoms with Crippen LogP contribution in [0.15, 0.2) is 18.2 Å². The third-order valence-corrected chi connectivity index (χ3v) is 3.44. The molecule has 0 bridgehead atoms. The Labute approximate surface area is 119 Å². The van der Waals surface area contributed by atoms with E-state index in [1.54, 1.807) is 0 Å². The van der Waals surface area contributed by atoms with Crippen molar-refractivity contribution in [3.63, 3.8) is 0 Å². The van der Waals surface area contributed by atoms with Crippen LogP contribution in [0.4, 0.5) is 0 Å². The van der Waals surface area contributed by atoms with E-state index >= 15 is 0 Å². The number of carbonyl (C=O) groups is 2. The molecule has 0 heterocycles. The van der Waals surface area contributed by atoms with E-state index < -0.39 is 37.5 Å². The molecule has 1 aromatic carbocycles. The van der Waals surface area contributed by atoms with Crippen molar-refractivity contribution < 1.29 is 38.9 Å². The zero-order valence-electron chi connectivity index (χ0n) is 10.7. The van der Waals surface area contributed by atoms with Crippen LogP contribution in [0.1, 0.15) is 5.56 Å². The Balaban J connectivity index is 3.10. The van der Waals surface area contributed by atoms with Crippen molar-refractivity contribution in [2.45, 2.75) is 12.5 Å². The molecule has 0 radical (unpaired) electrons. The van der Waals surface area contributed by atoms with E-state index in [2.05, 4.69) is 0 Å². The number of nitrogens with two attached hydrogens (primary N) is 1. The number of hydrogen-bond acceptors (Lipinski definition) is 5. The molecule has 0 saturated carbocycles. The first-order valence-electron chi connectivity index (χ1n) is 5.63. The van der Waals surface area contributed by atoms with Crippen LogP contribution in [0, 0.1) is 0 Å². The van der Waals surface area contributed by atoms with Gasteiger partial charge < -0.3 is 30.5 Å². The monoisotopic (exact) mass is 319 g/mol. The maximum atomic E-state index is 11.4. The third-order valence-electron chi connectivity index (χ3n) is 2.46. The lowest BCUT2D eigenvalue weighted by molar-refractivity contribution is -0.139. The number of carboxylic acids is 2. The molecule has 0 amide bonds. The van der Waals surface area contributed by atoms with Crippen LogP contribution in [0.2, 0.25) is 0 Å². The second kappa shape index (κ2) is 6.68. The summed E-state index contributed by atoms with van der Waals surface area (Å²) in [6.07, 6.45) is -0.137. The maximum Gasteiger partial charge on any atom is 0.359 e. The molecule has 0 aliphatic heterocycles. The van der Waals surface area contributed by atoms with E-state index in [4.69, 9.17) is 20.7 Å². The van der Waals surface area contributed by atoms with Crippen molar-refractivity contribution in [3.8, 4) is 5.75 Å². The lowest BCUT2D eigenvalue weighted by atomic mass is 10.1. The van der Waals surface area contributed by atoms with Crippen molar-refractivity contribution in [1.82, 2.24) is 0 Å². The molecule has 0 aromatic heterocycles. The average molecular weight is 319 g/mol. The second-order valence-electron chi connectivity index (χ2n) is 4.18. The Bertz CT molecular complexity index is 596. The number of aliphatic carboxylic acids is 2. The van der Waals surface area contributed by atoms with Crippen LogP contribution < -0.4 is 15.8 Å². The summed E-state index contributed by atoms with van der Waals surface area (Å²) >= 11 is 0. The number of ether oxygens (including phenoxy) is 1. The van der Waals surface area contributed by atoms with Gasteiger partial charge in [-0.25, -0.2) is 4.79 Å². The van der Waals surface area contributed by atoms with Gasteiger partial charge in [0.25, 0.3) is 0 Å². The Morgan fingerprint density at radius 3 is 2.38 bits per heavy atom. The molecule has 0 aliphatic carbocycles. The van der Waals surface area contributed by atoms with E-state index in [-0.39, 0.29) is 17.7 Å². The molecule has 116 valence electrons. The van der Waals surface area contributed by atoms with E-state index in [1.165, 1.54) is 12.1 Å². The van der Waals surface area contributed by atoms with Crippen LogP contribution in [-0.4, -0.2) is 44.6 Å². The Morgan fingerprint density at radius 2 is 1.90 bits per heavy atom. The number of rotatable bonds is 7. The van der Waals surface area contributed by atoms with Gasteiger partial charge in [0.05, 0.1) is 0 Å². The highest BCUT2D eigenvalue weighted by Gasteiger charge is 2.24. The number of hydrogen-bond donors (Lipinski definition) is 5. The summed E-state index contributed by atoms with van der Waals surface area (Å²) in [6, 6.07) is 2.36. The third kappa shape index (κ3) is 5.16. The molecule has 0 spiro atoms. The molecule has 0 saturated heterocycles. The minimum Gasteiger partial charge on any atom is -0.481 e. The van der Waals surface area contributed by atoms with Gasteiger partial charge in [-0.05, 0) is 24.1 Å². The van der Waals surface area contributed by atoms with Crippen molar-refractivity contribution in [3.05, 3.63) is 23.8 Å². The van der Waals surface area contributed by atoms with Crippen molar-refractivity contribution >= 4 is 24.8 Å². The lowest BCUT2D eigenvalue weighted by Crippen LogP contribution is -2.32. The summed E-state index contributed by atoms with van der Waals surface area (Å²) in [6.45, 7) is -0.763. The van der Waals surface area contributed by atoms with Crippen LogP contribution in [0.3, 0.4) is 0 Å².